The summed E-state index contributed by atoms with van der Waals surface area (Å²) in [4.78, 5) is 12.2. The summed E-state index contributed by atoms with van der Waals surface area (Å²) in [6.45, 7) is 0. The maximum atomic E-state index is 14.6. The molecule has 3 rings (SSSR count). The van der Waals surface area contributed by atoms with Crippen molar-refractivity contribution in [2.45, 2.75) is 0 Å². The van der Waals surface area contributed by atoms with Crippen LogP contribution in [0.3, 0.4) is 0 Å². The van der Waals surface area contributed by atoms with Crippen LogP contribution in [-0.2, 0) is 0 Å². The number of fused-ring (bicyclic) bond motifs is 1. The van der Waals surface area contributed by atoms with E-state index in [1.54, 1.807) is 0 Å². The molecule has 6 heteroatoms. The number of furan rings is 1. The standard InChI is InChI=1S/C17H13F2NO3/c1-20-17(21)14-13-11(7-8-12(22-2)15(13)19)23-16(14)9-3-5-10(18)6-4-9/h3-8H,1-2H3,(H,20,21). The number of methoxy groups -OCH3 is 1. The topological polar surface area (TPSA) is 51.5 Å². The Bertz CT molecular complexity index is 885. The summed E-state index contributed by atoms with van der Waals surface area (Å²) in [7, 11) is 2.78. The Morgan fingerprint density at radius 1 is 1.13 bits per heavy atom. The highest BCUT2D eigenvalue weighted by atomic mass is 19.1. The molecular formula is C17H13F2NO3. The van der Waals surface area contributed by atoms with Gasteiger partial charge in [-0.3, -0.25) is 4.79 Å². The van der Waals surface area contributed by atoms with Crippen molar-refractivity contribution in [2.24, 2.45) is 0 Å². The summed E-state index contributed by atoms with van der Waals surface area (Å²) in [5, 5.41) is 2.50. The fourth-order valence-corrected chi connectivity index (χ4v) is 2.44. The van der Waals surface area contributed by atoms with Crippen LogP contribution < -0.4 is 10.1 Å². The van der Waals surface area contributed by atoms with Gasteiger partial charge in [-0.1, -0.05) is 0 Å². The SMILES string of the molecule is CNC(=O)c1c(-c2ccc(F)cc2)oc2ccc(OC)c(F)c12. The Labute approximate surface area is 130 Å². The molecule has 0 saturated carbocycles. The molecule has 1 N–H and O–H groups in total. The van der Waals surface area contributed by atoms with Gasteiger partial charge in [0.1, 0.15) is 17.2 Å². The van der Waals surface area contributed by atoms with E-state index in [2.05, 4.69) is 5.32 Å². The van der Waals surface area contributed by atoms with Crippen molar-refractivity contribution in [2.75, 3.05) is 14.2 Å². The van der Waals surface area contributed by atoms with E-state index in [0.717, 1.165) is 0 Å². The molecule has 1 aromatic heterocycles. The Morgan fingerprint density at radius 3 is 2.43 bits per heavy atom. The van der Waals surface area contributed by atoms with Crippen LogP contribution in [0.1, 0.15) is 10.4 Å². The number of benzene rings is 2. The van der Waals surface area contributed by atoms with E-state index in [4.69, 9.17) is 9.15 Å². The molecule has 2 aromatic carbocycles. The molecule has 3 aromatic rings. The highest BCUT2D eigenvalue weighted by molar-refractivity contribution is 6.11. The van der Waals surface area contributed by atoms with Crippen LogP contribution in [0.2, 0.25) is 0 Å². The van der Waals surface area contributed by atoms with E-state index < -0.39 is 17.5 Å². The Kier molecular flexibility index (Phi) is 3.73. The Balaban J connectivity index is 2.35. The molecule has 0 unspecified atom stereocenters. The minimum absolute atomic E-state index is 0.00843. The van der Waals surface area contributed by atoms with Gasteiger partial charge < -0.3 is 14.5 Å². The fourth-order valence-electron chi connectivity index (χ4n) is 2.44. The monoisotopic (exact) mass is 317 g/mol. The van der Waals surface area contributed by atoms with Gasteiger partial charge in [-0.05, 0) is 36.4 Å². The molecule has 0 aliphatic heterocycles. The number of hydrogen-bond donors (Lipinski definition) is 1. The summed E-state index contributed by atoms with van der Waals surface area (Å²) >= 11 is 0. The molecule has 0 aliphatic rings. The third kappa shape index (κ3) is 2.42. The minimum atomic E-state index is -0.680. The summed E-state index contributed by atoms with van der Waals surface area (Å²) in [6, 6.07) is 8.36. The first-order valence-electron chi connectivity index (χ1n) is 6.83. The molecule has 0 spiro atoms. The van der Waals surface area contributed by atoms with Crippen LogP contribution in [0.25, 0.3) is 22.3 Å². The maximum absolute atomic E-state index is 14.6. The largest absolute Gasteiger partial charge is 0.494 e. The maximum Gasteiger partial charge on any atom is 0.255 e. The summed E-state index contributed by atoms with van der Waals surface area (Å²) in [5.41, 5.74) is 0.728. The molecule has 0 saturated heterocycles. The molecule has 0 radical (unpaired) electrons. The number of nitrogens with one attached hydrogen (secondary N) is 1. The summed E-state index contributed by atoms with van der Waals surface area (Å²) in [6.07, 6.45) is 0. The average molecular weight is 317 g/mol. The number of carbonyl (C=O) groups excluding carboxylic acids is 1. The Hall–Kier alpha value is -2.89. The van der Waals surface area contributed by atoms with Crippen molar-refractivity contribution >= 4 is 16.9 Å². The van der Waals surface area contributed by atoms with Crippen LogP contribution in [0.5, 0.6) is 5.75 Å². The van der Waals surface area contributed by atoms with Crippen molar-refractivity contribution in [1.82, 2.24) is 5.32 Å². The van der Waals surface area contributed by atoms with Crippen molar-refractivity contribution < 1.29 is 22.7 Å². The minimum Gasteiger partial charge on any atom is -0.494 e. The second-order valence-corrected chi connectivity index (χ2v) is 4.85. The molecule has 1 heterocycles. The van der Waals surface area contributed by atoms with Crippen LogP contribution >= 0.6 is 0 Å². The number of halogens is 2. The van der Waals surface area contributed by atoms with Gasteiger partial charge in [-0.2, -0.15) is 0 Å². The van der Waals surface area contributed by atoms with Gasteiger partial charge in [-0.15, -0.1) is 0 Å². The summed E-state index contributed by atoms with van der Waals surface area (Å²) < 4.78 is 38.3. The van der Waals surface area contributed by atoms with Crippen molar-refractivity contribution in [3.63, 3.8) is 0 Å². The third-order valence-electron chi connectivity index (χ3n) is 3.54. The highest BCUT2D eigenvalue weighted by Crippen LogP contribution is 2.37. The number of carbonyl (C=O) groups is 1. The number of ether oxygens (including phenoxy) is 1. The normalized spacial score (nSPS) is 10.8. The van der Waals surface area contributed by atoms with E-state index in [9.17, 15) is 13.6 Å². The number of rotatable bonds is 3. The van der Waals surface area contributed by atoms with Gasteiger partial charge in [0.25, 0.3) is 5.91 Å². The zero-order chi connectivity index (χ0) is 16.6. The molecule has 0 bridgehead atoms. The fraction of sp³-hybridized carbons (Fsp3) is 0.118. The van der Waals surface area contributed by atoms with Gasteiger partial charge in [0.15, 0.2) is 11.6 Å². The zero-order valence-electron chi connectivity index (χ0n) is 12.4. The molecule has 23 heavy (non-hydrogen) atoms. The quantitative estimate of drug-likeness (QED) is 0.800. The van der Waals surface area contributed by atoms with Gasteiger partial charge in [0.2, 0.25) is 0 Å². The summed E-state index contributed by atoms with van der Waals surface area (Å²) in [5.74, 6) is -1.42. The first kappa shape index (κ1) is 15.0. The van der Waals surface area contributed by atoms with E-state index in [0.29, 0.717) is 5.56 Å². The number of hydrogen-bond acceptors (Lipinski definition) is 3. The van der Waals surface area contributed by atoms with E-state index >= 15 is 0 Å². The van der Waals surface area contributed by atoms with Gasteiger partial charge in [-0.25, -0.2) is 8.78 Å². The van der Waals surface area contributed by atoms with E-state index in [1.807, 2.05) is 0 Å². The molecule has 1 amide bonds. The van der Waals surface area contributed by atoms with Crippen LogP contribution in [0.4, 0.5) is 8.78 Å². The number of amides is 1. The van der Waals surface area contributed by atoms with E-state index in [-0.39, 0.29) is 28.0 Å². The zero-order valence-corrected chi connectivity index (χ0v) is 12.4. The van der Waals surface area contributed by atoms with E-state index in [1.165, 1.54) is 50.6 Å². The van der Waals surface area contributed by atoms with Crippen molar-refractivity contribution in [3.8, 4) is 17.1 Å². The molecule has 0 fully saturated rings. The Morgan fingerprint density at radius 2 is 1.83 bits per heavy atom. The smallest absolute Gasteiger partial charge is 0.255 e. The van der Waals surface area contributed by atoms with Crippen LogP contribution in [0.15, 0.2) is 40.8 Å². The predicted octanol–water partition coefficient (Wildman–Crippen LogP) is 3.75. The second-order valence-electron chi connectivity index (χ2n) is 4.85. The van der Waals surface area contributed by atoms with Crippen LogP contribution in [0, 0.1) is 11.6 Å². The molecule has 118 valence electrons. The lowest BCUT2D eigenvalue weighted by Crippen LogP contribution is -2.18. The lowest BCUT2D eigenvalue weighted by molar-refractivity contribution is 0.0964. The first-order valence-corrected chi connectivity index (χ1v) is 6.83. The van der Waals surface area contributed by atoms with Crippen molar-refractivity contribution in [1.29, 1.82) is 0 Å². The molecule has 4 nitrogen and oxygen atoms in total. The molecule has 0 aliphatic carbocycles. The van der Waals surface area contributed by atoms with Gasteiger partial charge >= 0.3 is 0 Å². The molecule has 0 atom stereocenters. The first-order chi connectivity index (χ1) is 11.1. The lowest BCUT2D eigenvalue weighted by Gasteiger charge is -2.04. The second kappa shape index (κ2) is 5.72. The molecular weight excluding hydrogens is 304 g/mol. The van der Waals surface area contributed by atoms with Crippen molar-refractivity contribution in [3.05, 3.63) is 53.6 Å². The highest BCUT2D eigenvalue weighted by Gasteiger charge is 2.25. The van der Waals surface area contributed by atoms with Gasteiger partial charge in [0, 0.05) is 12.6 Å². The lowest BCUT2D eigenvalue weighted by atomic mass is 10.0. The average Bonchev–Trinajstić information content (AvgIpc) is 2.95. The van der Waals surface area contributed by atoms with Crippen LogP contribution in [-0.4, -0.2) is 20.1 Å². The van der Waals surface area contributed by atoms with Gasteiger partial charge in [0.05, 0.1) is 18.1 Å². The predicted molar refractivity (Wildman–Crippen MR) is 81.5 cm³/mol. The third-order valence-corrected chi connectivity index (χ3v) is 3.54.